The largest absolute Gasteiger partial charge is 0.480 e. The van der Waals surface area contributed by atoms with Gasteiger partial charge in [0.05, 0.1) is 26.2 Å². The van der Waals surface area contributed by atoms with Crippen LogP contribution in [0.1, 0.15) is 78.4 Å². The van der Waals surface area contributed by atoms with E-state index in [1.54, 1.807) is 26.8 Å². The third kappa shape index (κ3) is 23.0. The van der Waals surface area contributed by atoms with Gasteiger partial charge in [-0.3, -0.25) is 53.2 Å². The molecule has 2 aromatic carbocycles. The predicted molar refractivity (Wildman–Crippen MR) is 232 cm³/mol. The third-order valence-electron chi connectivity index (χ3n) is 10.5. The molecule has 18 heteroatoms. The lowest BCUT2D eigenvalue weighted by molar-refractivity contribution is -0.140. The number of nitrogens with zero attached hydrogens (tertiary/aromatic N) is 4. The number of hydrogen-bond donors (Lipinski definition) is 7. The van der Waals surface area contributed by atoms with Gasteiger partial charge in [0.2, 0.25) is 17.7 Å². The number of amides is 4. The molecular weight excluding hydrogens is 801 g/mol. The molecule has 1 heterocycles. The minimum atomic E-state index is -1.02. The van der Waals surface area contributed by atoms with E-state index in [0.29, 0.717) is 116 Å². The SMILES string of the molecule is Cc1ccc(CNC(=O)c2ccc(CNC(=O)CCCCNC(=O)CCCCCCNC(=O)CN3CCN(CC(=O)O)CCN(CC(=O)O)CCN(CC(=O)O)CC3)cc2)cc1. The van der Waals surface area contributed by atoms with Gasteiger partial charge in [0, 0.05) is 96.9 Å². The second-order valence-electron chi connectivity index (χ2n) is 15.7. The average Bonchev–Trinajstić information content (AvgIpc) is 3.22. The molecular formula is C44H66N8O10. The van der Waals surface area contributed by atoms with Crippen molar-refractivity contribution in [3.05, 3.63) is 70.8 Å². The molecule has 0 radical (unpaired) electrons. The van der Waals surface area contributed by atoms with Gasteiger partial charge in [-0.2, -0.15) is 0 Å². The van der Waals surface area contributed by atoms with Gasteiger partial charge in [-0.15, -0.1) is 0 Å². The summed E-state index contributed by atoms with van der Waals surface area (Å²) in [6.07, 6.45) is 5.15. The Balaban J connectivity index is 1.24. The summed E-state index contributed by atoms with van der Waals surface area (Å²) in [4.78, 5) is 91.4. The van der Waals surface area contributed by atoms with Gasteiger partial charge in [-0.25, -0.2) is 0 Å². The minimum absolute atomic E-state index is 0.0393. The first-order chi connectivity index (χ1) is 29.7. The van der Waals surface area contributed by atoms with Crippen molar-refractivity contribution >= 4 is 41.5 Å². The molecule has 0 unspecified atom stereocenters. The summed E-state index contributed by atoms with van der Waals surface area (Å²) < 4.78 is 0. The molecule has 0 spiro atoms. The van der Waals surface area contributed by atoms with E-state index in [0.717, 1.165) is 36.0 Å². The number of nitrogens with one attached hydrogen (secondary N) is 4. The molecule has 342 valence electrons. The summed E-state index contributed by atoms with van der Waals surface area (Å²) in [5, 5.41) is 39.8. The lowest BCUT2D eigenvalue weighted by Crippen LogP contribution is -2.49. The van der Waals surface area contributed by atoms with Gasteiger partial charge in [0.15, 0.2) is 0 Å². The molecule has 0 bridgehead atoms. The second kappa shape index (κ2) is 29.0. The van der Waals surface area contributed by atoms with Crippen molar-refractivity contribution in [1.29, 1.82) is 0 Å². The standard InChI is InChI=1S/C44H66N8O10/c1-34-10-12-35(13-11-34)29-48-44(62)37-16-14-36(15-17-37)28-47-39(54)9-5-7-19-45-38(53)8-4-2-3-6-18-46-40(55)30-49-20-22-50(31-41(56)57)24-26-52(33-43(60)61)27-25-51(23-21-49)32-42(58)59/h10-17H,2-9,18-33H2,1H3,(H,45,53)(H,46,55)(H,47,54)(H,48,62)(H,56,57)(H,58,59)(H,60,61). The van der Waals surface area contributed by atoms with E-state index in [9.17, 15) is 48.9 Å². The number of carbonyl (C=O) groups excluding carboxylic acids is 4. The second-order valence-corrected chi connectivity index (χ2v) is 15.7. The van der Waals surface area contributed by atoms with Gasteiger partial charge >= 0.3 is 17.9 Å². The van der Waals surface area contributed by atoms with Gasteiger partial charge in [0.1, 0.15) is 0 Å². The van der Waals surface area contributed by atoms with Crippen LogP contribution in [-0.2, 0) is 41.9 Å². The molecule has 0 aliphatic carbocycles. The first kappa shape index (κ1) is 50.9. The molecule has 0 aromatic heterocycles. The van der Waals surface area contributed by atoms with Crippen LogP contribution in [0.3, 0.4) is 0 Å². The molecule has 0 saturated carbocycles. The topological polar surface area (TPSA) is 241 Å². The Morgan fingerprint density at radius 1 is 0.452 bits per heavy atom. The highest BCUT2D eigenvalue weighted by molar-refractivity contribution is 5.94. The van der Waals surface area contributed by atoms with Gasteiger partial charge in [-0.05, 0) is 55.9 Å². The van der Waals surface area contributed by atoms with Crippen LogP contribution >= 0.6 is 0 Å². The van der Waals surface area contributed by atoms with Crippen molar-refractivity contribution in [2.75, 3.05) is 91.6 Å². The van der Waals surface area contributed by atoms with E-state index in [1.807, 2.05) is 48.2 Å². The van der Waals surface area contributed by atoms with Crippen molar-refractivity contribution in [2.24, 2.45) is 0 Å². The molecule has 2 aromatic rings. The van der Waals surface area contributed by atoms with Crippen molar-refractivity contribution < 1.29 is 48.9 Å². The highest BCUT2D eigenvalue weighted by atomic mass is 16.4. The molecule has 1 fully saturated rings. The van der Waals surface area contributed by atoms with E-state index in [1.165, 1.54) is 0 Å². The predicted octanol–water partition coefficient (Wildman–Crippen LogP) is 1.37. The van der Waals surface area contributed by atoms with Crippen LogP contribution in [0.4, 0.5) is 0 Å². The average molecular weight is 867 g/mol. The number of hydrogen-bond acceptors (Lipinski definition) is 11. The third-order valence-corrected chi connectivity index (χ3v) is 10.5. The molecule has 4 amide bonds. The fraction of sp³-hybridized carbons (Fsp3) is 0.568. The van der Waals surface area contributed by atoms with Gasteiger partial charge < -0.3 is 36.6 Å². The summed E-state index contributed by atoms with van der Waals surface area (Å²) in [6, 6.07) is 15.1. The summed E-state index contributed by atoms with van der Waals surface area (Å²) in [5.41, 5.74) is 3.63. The fourth-order valence-electron chi connectivity index (χ4n) is 6.82. The Bertz CT molecular complexity index is 1690. The number of carboxylic acids is 3. The van der Waals surface area contributed by atoms with Gasteiger partial charge in [0.25, 0.3) is 5.91 Å². The number of rotatable bonds is 25. The minimum Gasteiger partial charge on any atom is -0.480 e. The van der Waals surface area contributed by atoms with Crippen LogP contribution in [0, 0.1) is 6.92 Å². The summed E-state index contributed by atoms with van der Waals surface area (Å²) in [6.45, 7) is 5.75. The van der Waals surface area contributed by atoms with Crippen LogP contribution in [0.25, 0.3) is 0 Å². The van der Waals surface area contributed by atoms with E-state index in [2.05, 4.69) is 21.3 Å². The lowest BCUT2D eigenvalue weighted by Gasteiger charge is -2.32. The van der Waals surface area contributed by atoms with Crippen LogP contribution in [0.5, 0.6) is 0 Å². The highest BCUT2D eigenvalue weighted by Gasteiger charge is 2.21. The summed E-state index contributed by atoms with van der Waals surface area (Å²) in [7, 11) is 0. The molecule has 0 atom stereocenters. The number of aliphatic carboxylic acids is 3. The van der Waals surface area contributed by atoms with Crippen molar-refractivity contribution in [1.82, 2.24) is 40.9 Å². The zero-order chi connectivity index (χ0) is 45.1. The van der Waals surface area contributed by atoms with Crippen LogP contribution < -0.4 is 21.3 Å². The molecule has 3 rings (SSSR count). The van der Waals surface area contributed by atoms with E-state index in [4.69, 9.17) is 0 Å². The normalized spacial score (nSPS) is 14.8. The highest BCUT2D eigenvalue weighted by Crippen LogP contribution is 2.08. The fourth-order valence-corrected chi connectivity index (χ4v) is 6.82. The Morgan fingerprint density at radius 2 is 0.823 bits per heavy atom. The van der Waals surface area contributed by atoms with E-state index < -0.39 is 17.9 Å². The zero-order valence-corrected chi connectivity index (χ0v) is 36.1. The van der Waals surface area contributed by atoms with Crippen LogP contribution in [0.15, 0.2) is 48.5 Å². The maximum atomic E-state index is 12.9. The maximum absolute atomic E-state index is 12.9. The van der Waals surface area contributed by atoms with Crippen molar-refractivity contribution in [2.45, 2.75) is 71.4 Å². The van der Waals surface area contributed by atoms with E-state index >= 15 is 0 Å². The molecule has 18 nitrogen and oxygen atoms in total. The quantitative estimate of drug-likeness (QED) is 0.0698. The van der Waals surface area contributed by atoms with Gasteiger partial charge in [-0.1, -0.05) is 54.8 Å². The summed E-state index contributed by atoms with van der Waals surface area (Å²) in [5.74, 6) is -3.52. The summed E-state index contributed by atoms with van der Waals surface area (Å²) >= 11 is 0. The molecule has 62 heavy (non-hydrogen) atoms. The number of carbonyl (C=O) groups is 7. The smallest absolute Gasteiger partial charge is 0.317 e. The Labute approximate surface area is 364 Å². The van der Waals surface area contributed by atoms with E-state index in [-0.39, 0.29) is 49.8 Å². The number of benzene rings is 2. The molecule has 7 N–H and O–H groups in total. The first-order valence-electron chi connectivity index (χ1n) is 21.5. The Morgan fingerprint density at radius 3 is 1.31 bits per heavy atom. The Kier molecular flexibility index (Phi) is 23.8. The van der Waals surface area contributed by atoms with Crippen LogP contribution in [-0.4, -0.2) is 168 Å². The Hall–Kier alpha value is -5.43. The van der Waals surface area contributed by atoms with Crippen molar-refractivity contribution in [3.63, 3.8) is 0 Å². The number of aryl methyl sites for hydroxylation is 1. The first-order valence-corrected chi connectivity index (χ1v) is 21.5. The maximum Gasteiger partial charge on any atom is 0.317 e. The number of carboxylic acid groups (broad SMARTS) is 3. The molecule has 1 aliphatic rings. The zero-order valence-electron chi connectivity index (χ0n) is 36.1. The number of unbranched alkanes of at least 4 members (excludes halogenated alkanes) is 4. The molecule has 1 saturated heterocycles. The lowest BCUT2D eigenvalue weighted by atomic mass is 10.1. The monoisotopic (exact) mass is 866 g/mol. The van der Waals surface area contributed by atoms with Crippen LogP contribution in [0.2, 0.25) is 0 Å². The molecule has 1 aliphatic heterocycles. The van der Waals surface area contributed by atoms with Crippen molar-refractivity contribution in [3.8, 4) is 0 Å².